The van der Waals surface area contributed by atoms with Crippen LogP contribution in [0.1, 0.15) is 62.6 Å². The van der Waals surface area contributed by atoms with Gasteiger partial charge < -0.3 is 10.6 Å². The fourth-order valence-electron chi connectivity index (χ4n) is 3.73. The number of amides is 1. The molecule has 1 aromatic heterocycles. The summed E-state index contributed by atoms with van der Waals surface area (Å²) in [4.78, 5) is 14.3. The molecule has 1 fully saturated rings. The summed E-state index contributed by atoms with van der Waals surface area (Å²) in [5.41, 5.74) is 7.73. The third-order valence-corrected chi connectivity index (χ3v) is 5.04. The molecule has 0 saturated heterocycles. The summed E-state index contributed by atoms with van der Waals surface area (Å²) in [6, 6.07) is 1.85. The highest BCUT2D eigenvalue weighted by Gasteiger charge is 2.22. The Hall–Kier alpha value is -1.65. The van der Waals surface area contributed by atoms with Crippen LogP contribution in [0.2, 0.25) is 0 Å². The van der Waals surface area contributed by atoms with Crippen LogP contribution in [0.5, 0.6) is 0 Å². The van der Waals surface area contributed by atoms with Crippen molar-refractivity contribution in [3.63, 3.8) is 0 Å². The van der Waals surface area contributed by atoms with Crippen LogP contribution in [-0.4, -0.2) is 27.5 Å². The fraction of sp³-hybridized carbons (Fsp3) is 0.706. The molecule has 1 aliphatic heterocycles. The van der Waals surface area contributed by atoms with Gasteiger partial charge in [-0.2, -0.15) is 5.10 Å². The van der Waals surface area contributed by atoms with Gasteiger partial charge in [-0.3, -0.25) is 4.79 Å². The number of carbonyl (C=O) groups is 1. The van der Waals surface area contributed by atoms with Crippen molar-refractivity contribution in [1.29, 1.82) is 0 Å². The van der Waals surface area contributed by atoms with E-state index >= 15 is 0 Å². The van der Waals surface area contributed by atoms with E-state index in [0.29, 0.717) is 18.8 Å². The predicted molar refractivity (Wildman–Crippen MR) is 86.0 cm³/mol. The van der Waals surface area contributed by atoms with Crippen LogP contribution in [0.3, 0.4) is 0 Å². The van der Waals surface area contributed by atoms with Crippen LogP contribution >= 0.6 is 0 Å². The van der Waals surface area contributed by atoms with Crippen LogP contribution in [0.4, 0.5) is 5.82 Å². The second-order valence-corrected chi connectivity index (χ2v) is 6.70. The van der Waals surface area contributed by atoms with Gasteiger partial charge >= 0.3 is 0 Å². The molecule has 0 bridgehead atoms. The van der Waals surface area contributed by atoms with E-state index in [2.05, 4.69) is 10.2 Å². The molecule has 5 heteroatoms. The number of hydrogen-bond acceptors (Lipinski definition) is 4. The van der Waals surface area contributed by atoms with Gasteiger partial charge in [0.15, 0.2) is 0 Å². The topological polar surface area (TPSA) is 72.1 Å². The van der Waals surface area contributed by atoms with Crippen molar-refractivity contribution in [3.8, 4) is 0 Å². The summed E-state index contributed by atoms with van der Waals surface area (Å²) in [5, 5.41) is 8.01. The normalized spacial score (nSPS) is 19.0. The third-order valence-electron chi connectivity index (χ3n) is 5.04. The number of carbonyl (C=O) groups excluding carboxylic acids is 1. The van der Waals surface area contributed by atoms with Crippen molar-refractivity contribution in [2.75, 3.05) is 12.3 Å². The van der Waals surface area contributed by atoms with E-state index in [1.165, 1.54) is 38.5 Å². The van der Waals surface area contributed by atoms with Gasteiger partial charge in [0, 0.05) is 25.9 Å². The lowest BCUT2D eigenvalue weighted by atomic mass is 9.86. The SMILES string of the molecule is Nc1cc2c(nn1)CCN(C(=O)CCCC1CCCCC1)C2. The van der Waals surface area contributed by atoms with Gasteiger partial charge in [0.25, 0.3) is 0 Å². The molecule has 3 rings (SSSR count). The first-order valence-electron chi connectivity index (χ1n) is 8.61. The Morgan fingerprint density at radius 2 is 2.09 bits per heavy atom. The van der Waals surface area contributed by atoms with E-state index in [-0.39, 0.29) is 5.91 Å². The van der Waals surface area contributed by atoms with E-state index in [9.17, 15) is 4.79 Å². The number of aromatic nitrogens is 2. The van der Waals surface area contributed by atoms with Crippen LogP contribution in [0.15, 0.2) is 6.07 Å². The van der Waals surface area contributed by atoms with Crippen LogP contribution < -0.4 is 5.73 Å². The number of rotatable bonds is 4. The van der Waals surface area contributed by atoms with Gasteiger partial charge in [-0.05, 0) is 30.4 Å². The van der Waals surface area contributed by atoms with E-state index in [4.69, 9.17) is 5.73 Å². The molecule has 1 amide bonds. The summed E-state index contributed by atoms with van der Waals surface area (Å²) >= 11 is 0. The highest BCUT2D eigenvalue weighted by atomic mass is 16.2. The fourth-order valence-corrected chi connectivity index (χ4v) is 3.73. The standard InChI is InChI=1S/C17H26N4O/c18-16-11-14-12-21(10-9-15(14)19-20-16)17(22)8-4-7-13-5-2-1-3-6-13/h11,13H,1-10,12H2,(H2,18,20). The number of fused-ring (bicyclic) bond motifs is 1. The lowest BCUT2D eigenvalue weighted by Crippen LogP contribution is -2.36. The quantitative estimate of drug-likeness (QED) is 0.928. The van der Waals surface area contributed by atoms with Gasteiger partial charge in [0.2, 0.25) is 5.91 Å². The first-order chi connectivity index (χ1) is 10.7. The van der Waals surface area contributed by atoms with Crippen LogP contribution in [0, 0.1) is 5.92 Å². The monoisotopic (exact) mass is 302 g/mol. The molecule has 0 unspecified atom stereocenters. The molecule has 5 nitrogen and oxygen atoms in total. The Morgan fingerprint density at radius 3 is 2.91 bits per heavy atom. The van der Waals surface area contributed by atoms with E-state index in [1.54, 1.807) is 0 Å². The van der Waals surface area contributed by atoms with Crippen molar-refractivity contribution in [2.45, 2.75) is 64.3 Å². The Bertz CT molecular complexity index is 525. The molecular weight excluding hydrogens is 276 g/mol. The predicted octanol–water partition coefficient (Wildman–Crippen LogP) is 2.69. The van der Waals surface area contributed by atoms with Gasteiger partial charge in [-0.15, -0.1) is 5.10 Å². The van der Waals surface area contributed by atoms with E-state index in [0.717, 1.165) is 36.6 Å². The first-order valence-corrected chi connectivity index (χ1v) is 8.61. The molecular formula is C17H26N4O. The van der Waals surface area contributed by atoms with Crippen molar-refractivity contribution in [3.05, 3.63) is 17.3 Å². The Labute approximate surface area is 132 Å². The smallest absolute Gasteiger partial charge is 0.222 e. The summed E-state index contributed by atoms with van der Waals surface area (Å²) < 4.78 is 0. The maximum atomic E-state index is 12.4. The molecule has 0 spiro atoms. The summed E-state index contributed by atoms with van der Waals surface area (Å²) in [6.07, 6.45) is 10.6. The second kappa shape index (κ2) is 7.07. The summed E-state index contributed by atoms with van der Waals surface area (Å²) in [7, 11) is 0. The van der Waals surface area contributed by atoms with Gasteiger partial charge in [0.05, 0.1) is 5.69 Å². The molecule has 0 aromatic carbocycles. The Balaban J connectivity index is 1.46. The van der Waals surface area contributed by atoms with Crippen molar-refractivity contribution in [1.82, 2.24) is 15.1 Å². The molecule has 2 aliphatic rings. The lowest BCUT2D eigenvalue weighted by molar-refractivity contribution is -0.132. The van der Waals surface area contributed by atoms with Crippen LogP contribution in [0.25, 0.3) is 0 Å². The molecule has 1 saturated carbocycles. The van der Waals surface area contributed by atoms with Gasteiger partial charge in [0.1, 0.15) is 5.82 Å². The molecule has 22 heavy (non-hydrogen) atoms. The zero-order valence-corrected chi connectivity index (χ0v) is 13.3. The minimum atomic E-state index is 0.275. The summed E-state index contributed by atoms with van der Waals surface area (Å²) in [5.74, 6) is 1.57. The zero-order valence-electron chi connectivity index (χ0n) is 13.3. The van der Waals surface area contributed by atoms with Crippen molar-refractivity contribution >= 4 is 11.7 Å². The van der Waals surface area contributed by atoms with E-state index < -0.39 is 0 Å². The van der Waals surface area contributed by atoms with Crippen molar-refractivity contribution in [2.24, 2.45) is 5.92 Å². The molecule has 120 valence electrons. The molecule has 1 aromatic rings. The second-order valence-electron chi connectivity index (χ2n) is 6.70. The average Bonchev–Trinajstić information content (AvgIpc) is 2.55. The minimum Gasteiger partial charge on any atom is -0.382 e. The molecule has 1 aliphatic carbocycles. The Kier molecular flexibility index (Phi) is 4.90. The maximum Gasteiger partial charge on any atom is 0.222 e. The molecule has 0 atom stereocenters. The highest BCUT2D eigenvalue weighted by Crippen LogP contribution is 2.28. The number of nitrogens with two attached hydrogens (primary N) is 1. The average molecular weight is 302 g/mol. The number of nitrogen functional groups attached to an aromatic ring is 1. The number of nitrogens with zero attached hydrogens (tertiary/aromatic N) is 3. The van der Waals surface area contributed by atoms with E-state index in [1.807, 2.05) is 11.0 Å². The first kappa shape index (κ1) is 15.3. The minimum absolute atomic E-state index is 0.275. The number of hydrogen-bond donors (Lipinski definition) is 1. The maximum absolute atomic E-state index is 12.4. The van der Waals surface area contributed by atoms with Gasteiger partial charge in [-0.1, -0.05) is 32.1 Å². The lowest BCUT2D eigenvalue weighted by Gasteiger charge is -2.28. The van der Waals surface area contributed by atoms with Crippen LogP contribution in [-0.2, 0) is 17.8 Å². The van der Waals surface area contributed by atoms with Crippen molar-refractivity contribution < 1.29 is 4.79 Å². The zero-order chi connectivity index (χ0) is 15.4. The van der Waals surface area contributed by atoms with Gasteiger partial charge in [-0.25, -0.2) is 0 Å². The highest BCUT2D eigenvalue weighted by molar-refractivity contribution is 5.76. The summed E-state index contributed by atoms with van der Waals surface area (Å²) in [6.45, 7) is 1.39. The Morgan fingerprint density at radius 1 is 1.27 bits per heavy atom. The third kappa shape index (κ3) is 3.76. The molecule has 2 heterocycles. The number of anilines is 1. The largest absolute Gasteiger partial charge is 0.382 e. The molecule has 0 radical (unpaired) electrons. The molecule has 2 N–H and O–H groups in total.